The average Bonchev–Trinajstić information content (AvgIpc) is 2.88. The fourth-order valence-corrected chi connectivity index (χ4v) is 2.09. The number of hydrogen-bond donors (Lipinski definition) is 1. The van der Waals surface area contributed by atoms with Crippen LogP contribution < -0.4 is 10.5 Å². The molecule has 3 rings (SSSR count). The SMILES string of the molecule is COCc1cccc(OCc2nc3ccc(N)cc3o2)c1. The topological polar surface area (TPSA) is 70.5 Å². The van der Waals surface area contributed by atoms with Gasteiger partial charge in [0.1, 0.15) is 11.3 Å². The minimum Gasteiger partial charge on any atom is -0.484 e. The number of nitrogens with two attached hydrogens (primary N) is 1. The molecule has 1 aromatic heterocycles. The Kier molecular flexibility index (Phi) is 3.75. The van der Waals surface area contributed by atoms with E-state index in [-0.39, 0.29) is 6.61 Å². The Morgan fingerprint density at radius 1 is 1.14 bits per heavy atom. The highest BCUT2D eigenvalue weighted by atomic mass is 16.5. The van der Waals surface area contributed by atoms with E-state index in [0.717, 1.165) is 16.8 Å². The molecule has 0 aliphatic heterocycles. The second-order valence-electron chi connectivity index (χ2n) is 4.70. The molecule has 0 saturated heterocycles. The van der Waals surface area contributed by atoms with Gasteiger partial charge in [-0.25, -0.2) is 4.98 Å². The van der Waals surface area contributed by atoms with Crippen LogP contribution >= 0.6 is 0 Å². The normalized spacial score (nSPS) is 10.9. The number of nitrogen functional groups attached to an aromatic ring is 1. The Morgan fingerprint density at radius 2 is 2.05 bits per heavy atom. The molecule has 0 saturated carbocycles. The van der Waals surface area contributed by atoms with Gasteiger partial charge in [0, 0.05) is 18.9 Å². The molecule has 0 atom stereocenters. The van der Waals surface area contributed by atoms with Gasteiger partial charge in [0.15, 0.2) is 12.2 Å². The summed E-state index contributed by atoms with van der Waals surface area (Å²) in [7, 11) is 1.66. The molecule has 3 aromatic rings. The van der Waals surface area contributed by atoms with Gasteiger partial charge in [0.25, 0.3) is 0 Å². The predicted octanol–water partition coefficient (Wildman–Crippen LogP) is 3.14. The Hall–Kier alpha value is -2.53. The number of fused-ring (bicyclic) bond motifs is 1. The minimum atomic E-state index is 0.269. The molecule has 0 radical (unpaired) electrons. The summed E-state index contributed by atoms with van der Waals surface area (Å²) in [6.07, 6.45) is 0. The number of rotatable bonds is 5. The van der Waals surface area contributed by atoms with E-state index >= 15 is 0 Å². The van der Waals surface area contributed by atoms with Gasteiger partial charge < -0.3 is 19.6 Å². The summed E-state index contributed by atoms with van der Waals surface area (Å²) < 4.78 is 16.4. The number of hydrogen-bond acceptors (Lipinski definition) is 5. The van der Waals surface area contributed by atoms with E-state index in [4.69, 9.17) is 19.6 Å². The largest absolute Gasteiger partial charge is 0.484 e. The third kappa shape index (κ3) is 3.14. The number of anilines is 1. The molecule has 0 amide bonds. The van der Waals surface area contributed by atoms with Gasteiger partial charge in [-0.2, -0.15) is 0 Å². The molecule has 0 aliphatic carbocycles. The van der Waals surface area contributed by atoms with Crippen LogP contribution in [0.1, 0.15) is 11.5 Å². The zero-order chi connectivity index (χ0) is 14.7. The van der Waals surface area contributed by atoms with Crippen molar-refractivity contribution in [3.05, 3.63) is 53.9 Å². The first-order valence-electron chi connectivity index (χ1n) is 6.60. The molecule has 0 aliphatic rings. The molecule has 0 unspecified atom stereocenters. The smallest absolute Gasteiger partial charge is 0.233 e. The van der Waals surface area contributed by atoms with E-state index in [1.54, 1.807) is 19.2 Å². The van der Waals surface area contributed by atoms with E-state index in [0.29, 0.717) is 23.8 Å². The maximum Gasteiger partial charge on any atom is 0.233 e. The molecular weight excluding hydrogens is 268 g/mol. The maximum atomic E-state index is 5.71. The van der Waals surface area contributed by atoms with Crippen LogP contribution in [0.2, 0.25) is 0 Å². The van der Waals surface area contributed by atoms with Crippen molar-refractivity contribution in [2.24, 2.45) is 0 Å². The molecule has 0 fully saturated rings. The third-order valence-corrected chi connectivity index (χ3v) is 3.03. The summed E-state index contributed by atoms with van der Waals surface area (Å²) in [6, 6.07) is 13.1. The lowest BCUT2D eigenvalue weighted by Crippen LogP contribution is -1.96. The van der Waals surface area contributed by atoms with Crippen molar-refractivity contribution in [3.63, 3.8) is 0 Å². The number of oxazole rings is 1. The second-order valence-corrected chi connectivity index (χ2v) is 4.70. The predicted molar refractivity (Wildman–Crippen MR) is 79.9 cm³/mol. The summed E-state index contributed by atoms with van der Waals surface area (Å²) in [5.74, 6) is 1.28. The van der Waals surface area contributed by atoms with Crippen LogP contribution in [0.5, 0.6) is 5.75 Å². The Balaban J connectivity index is 1.72. The standard InChI is InChI=1S/C16H16N2O3/c1-19-9-11-3-2-4-13(7-11)20-10-16-18-14-6-5-12(17)8-15(14)21-16/h2-8H,9-10,17H2,1H3. The molecule has 108 valence electrons. The molecular formula is C16H16N2O3. The fourth-order valence-electron chi connectivity index (χ4n) is 2.09. The Labute approximate surface area is 122 Å². The highest BCUT2D eigenvalue weighted by Crippen LogP contribution is 2.20. The fraction of sp³-hybridized carbons (Fsp3) is 0.188. The van der Waals surface area contributed by atoms with Crippen molar-refractivity contribution in [1.82, 2.24) is 4.98 Å². The molecule has 5 nitrogen and oxygen atoms in total. The lowest BCUT2D eigenvalue weighted by molar-refractivity contribution is 0.184. The van der Waals surface area contributed by atoms with Crippen LogP contribution in [-0.4, -0.2) is 12.1 Å². The Morgan fingerprint density at radius 3 is 2.90 bits per heavy atom. The first-order chi connectivity index (χ1) is 10.2. The molecule has 0 spiro atoms. The molecule has 1 heterocycles. The van der Waals surface area contributed by atoms with Gasteiger partial charge in [0.2, 0.25) is 5.89 Å². The first kappa shape index (κ1) is 13.5. The van der Waals surface area contributed by atoms with E-state index in [9.17, 15) is 0 Å². The quantitative estimate of drug-likeness (QED) is 0.729. The summed E-state index contributed by atoms with van der Waals surface area (Å²) in [5.41, 5.74) is 8.86. The monoisotopic (exact) mass is 284 g/mol. The van der Waals surface area contributed by atoms with Crippen molar-refractivity contribution in [3.8, 4) is 5.75 Å². The van der Waals surface area contributed by atoms with Crippen molar-refractivity contribution in [2.45, 2.75) is 13.2 Å². The first-order valence-corrected chi connectivity index (χ1v) is 6.60. The van der Waals surface area contributed by atoms with Crippen LogP contribution in [0.15, 0.2) is 46.9 Å². The lowest BCUT2D eigenvalue weighted by Gasteiger charge is -2.05. The van der Waals surface area contributed by atoms with E-state index in [1.807, 2.05) is 30.3 Å². The number of methoxy groups -OCH3 is 1. The number of benzene rings is 2. The number of nitrogens with zero attached hydrogens (tertiary/aromatic N) is 1. The van der Waals surface area contributed by atoms with Crippen LogP contribution in [0.3, 0.4) is 0 Å². The summed E-state index contributed by atoms with van der Waals surface area (Å²) in [5, 5.41) is 0. The number of aromatic nitrogens is 1. The third-order valence-electron chi connectivity index (χ3n) is 3.03. The average molecular weight is 284 g/mol. The maximum absolute atomic E-state index is 5.71. The highest BCUT2D eigenvalue weighted by Gasteiger charge is 2.07. The Bertz CT molecular complexity index is 752. The zero-order valence-electron chi connectivity index (χ0n) is 11.7. The molecule has 2 N–H and O–H groups in total. The van der Waals surface area contributed by atoms with Gasteiger partial charge in [-0.1, -0.05) is 12.1 Å². The molecule has 21 heavy (non-hydrogen) atoms. The van der Waals surface area contributed by atoms with Crippen molar-refractivity contribution < 1.29 is 13.9 Å². The second kappa shape index (κ2) is 5.85. The summed E-state index contributed by atoms with van der Waals surface area (Å²) in [4.78, 5) is 4.36. The van der Waals surface area contributed by atoms with Crippen LogP contribution in [0.4, 0.5) is 5.69 Å². The van der Waals surface area contributed by atoms with Gasteiger partial charge >= 0.3 is 0 Å². The van der Waals surface area contributed by atoms with Crippen LogP contribution in [0.25, 0.3) is 11.1 Å². The van der Waals surface area contributed by atoms with E-state index < -0.39 is 0 Å². The highest BCUT2D eigenvalue weighted by molar-refractivity contribution is 5.76. The minimum absolute atomic E-state index is 0.269. The van der Waals surface area contributed by atoms with Gasteiger partial charge in [-0.3, -0.25) is 0 Å². The summed E-state index contributed by atoms with van der Waals surface area (Å²) >= 11 is 0. The van der Waals surface area contributed by atoms with Crippen molar-refractivity contribution in [1.29, 1.82) is 0 Å². The number of ether oxygens (including phenoxy) is 2. The van der Waals surface area contributed by atoms with Gasteiger partial charge in [-0.05, 0) is 29.8 Å². The van der Waals surface area contributed by atoms with Crippen molar-refractivity contribution in [2.75, 3.05) is 12.8 Å². The zero-order valence-corrected chi connectivity index (χ0v) is 11.7. The molecule has 0 bridgehead atoms. The van der Waals surface area contributed by atoms with E-state index in [2.05, 4.69) is 4.98 Å². The summed E-state index contributed by atoms with van der Waals surface area (Å²) in [6.45, 7) is 0.824. The lowest BCUT2D eigenvalue weighted by atomic mass is 10.2. The molecule has 2 aromatic carbocycles. The van der Waals surface area contributed by atoms with Gasteiger partial charge in [-0.15, -0.1) is 0 Å². The van der Waals surface area contributed by atoms with Crippen LogP contribution in [0, 0.1) is 0 Å². The van der Waals surface area contributed by atoms with Gasteiger partial charge in [0.05, 0.1) is 6.61 Å². The van der Waals surface area contributed by atoms with E-state index in [1.165, 1.54) is 0 Å². The molecule has 5 heteroatoms. The van der Waals surface area contributed by atoms with Crippen molar-refractivity contribution >= 4 is 16.8 Å². The van der Waals surface area contributed by atoms with Crippen LogP contribution in [-0.2, 0) is 18.0 Å².